The fourth-order valence-electron chi connectivity index (χ4n) is 4.96. The Balaban J connectivity index is 1.56. The zero-order valence-electron chi connectivity index (χ0n) is 30.7. The summed E-state index contributed by atoms with van der Waals surface area (Å²) in [6.07, 6.45) is 0. The maximum Gasteiger partial charge on any atom is 0.277 e. The summed E-state index contributed by atoms with van der Waals surface area (Å²) in [5.74, 6) is 0. The second-order valence-corrected chi connectivity index (χ2v) is 10.1. The first-order valence-corrected chi connectivity index (χ1v) is 13.1. The lowest BCUT2D eigenvalue weighted by Crippen LogP contribution is -1.94. The van der Waals surface area contributed by atoms with Crippen LogP contribution in [0.1, 0.15) is 13.7 Å². The van der Waals surface area contributed by atoms with E-state index in [0.29, 0.717) is 22.3 Å². The van der Waals surface area contributed by atoms with Gasteiger partial charge < -0.3 is 0 Å². The van der Waals surface area contributed by atoms with Crippen LogP contribution in [0.15, 0.2) is 139 Å². The monoisotopic (exact) mass is 543 g/mol. The molecule has 0 unspecified atom stereocenters. The Morgan fingerprint density at radius 1 is 0.575 bits per heavy atom. The van der Waals surface area contributed by atoms with Gasteiger partial charge in [0.25, 0.3) is 5.69 Å². The predicted molar refractivity (Wildman–Crippen MR) is 168 cm³/mol. The van der Waals surface area contributed by atoms with Crippen LogP contribution in [0.3, 0.4) is 0 Å². The molecule has 0 fully saturated rings. The fourth-order valence-corrected chi connectivity index (χ4v) is 6.09. The van der Waals surface area contributed by atoms with E-state index in [-0.39, 0.29) is 27.9 Å². The van der Waals surface area contributed by atoms with Crippen LogP contribution in [0.25, 0.3) is 64.7 Å². The van der Waals surface area contributed by atoms with Crippen molar-refractivity contribution >= 4 is 37.2 Å². The summed E-state index contributed by atoms with van der Waals surface area (Å²) in [6.45, 7) is 0. The molecule has 6 aromatic carbocycles. The molecule has 0 aliphatic carbocycles. The molecule has 1 aromatic heterocycles. The van der Waals surface area contributed by atoms with E-state index in [1.54, 1.807) is 29.5 Å². The molecule has 0 atom stereocenters. The van der Waals surface area contributed by atoms with E-state index in [2.05, 4.69) is 0 Å². The van der Waals surface area contributed by atoms with Gasteiger partial charge in [0, 0.05) is 26.2 Å². The Bertz CT molecular complexity index is 2460. The van der Waals surface area contributed by atoms with Gasteiger partial charge in [-0.2, -0.15) is 0 Å². The quantitative estimate of drug-likeness (QED) is 0.160. The number of nitro groups is 1. The highest BCUT2D eigenvalue weighted by Gasteiger charge is 2.20. The summed E-state index contributed by atoms with van der Waals surface area (Å²) in [6, 6.07) is 17.1. The Hall–Kier alpha value is -5.06. The minimum absolute atomic E-state index is 0.132. The van der Waals surface area contributed by atoms with E-state index in [1.807, 2.05) is 42.5 Å². The van der Waals surface area contributed by atoms with E-state index in [9.17, 15) is 10.1 Å². The Morgan fingerprint density at radius 2 is 1.18 bits per heavy atom. The highest BCUT2D eigenvalue weighted by atomic mass is 32.1. The lowest BCUT2D eigenvalue weighted by molar-refractivity contribution is -0.384. The van der Waals surface area contributed by atoms with Gasteiger partial charge in [-0.3, -0.25) is 10.1 Å². The number of rotatable bonds is 5. The van der Waals surface area contributed by atoms with Gasteiger partial charge in [0.2, 0.25) is 0 Å². The first-order valence-electron chi connectivity index (χ1n) is 17.3. The van der Waals surface area contributed by atoms with Gasteiger partial charge in [-0.05, 0) is 81.4 Å². The summed E-state index contributed by atoms with van der Waals surface area (Å²) in [5.41, 5.74) is 1.58. The topological polar surface area (TPSA) is 43.1 Å². The number of nitro benzene ring substituents is 1. The normalized spacial score (nSPS) is 14.7. The first-order chi connectivity index (χ1) is 23.8. The van der Waals surface area contributed by atoms with E-state index in [1.165, 1.54) is 18.2 Å². The van der Waals surface area contributed by atoms with Crippen molar-refractivity contribution in [3.05, 3.63) is 149 Å². The van der Waals surface area contributed by atoms with Crippen LogP contribution < -0.4 is 0 Å². The molecule has 4 heteroatoms. The summed E-state index contributed by atoms with van der Waals surface area (Å²) < 4.78 is 85.7. The molecule has 7 rings (SSSR count). The Labute approximate surface area is 249 Å². The molecular formula is C36H23NO2S. The molecule has 0 saturated heterocycles. The third kappa shape index (κ3) is 4.25. The molecule has 0 saturated carbocycles. The van der Waals surface area contributed by atoms with Gasteiger partial charge in [0.1, 0.15) is 0 Å². The largest absolute Gasteiger partial charge is 0.277 e. The van der Waals surface area contributed by atoms with Crippen LogP contribution in [-0.2, 0) is 0 Å². The molecule has 0 aliphatic rings. The number of thiophene rings is 1. The molecule has 0 spiro atoms. The second-order valence-electron chi connectivity index (χ2n) is 9.07. The molecule has 0 aliphatic heterocycles. The van der Waals surface area contributed by atoms with Crippen molar-refractivity contribution in [3.8, 4) is 44.5 Å². The lowest BCUT2D eigenvalue weighted by atomic mass is 9.91. The van der Waals surface area contributed by atoms with Crippen molar-refractivity contribution in [1.82, 2.24) is 0 Å². The molecule has 3 nitrogen and oxygen atoms in total. The van der Waals surface area contributed by atoms with E-state index < -0.39 is 65.3 Å². The first kappa shape index (κ1) is 15.5. The van der Waals surface area contributed by atoms with Gasteiger partial charge >= 0.3 is 0 Å². The van der Waals surface area contributed by atoms with Crippen LogP contribution in [0.4, 0.5) is 5.69 Å². The van der Waals surface area contributed by atoms with Crippen molar-refractivity contribution in [3.63, 3.8) is 0 Å². The van der Waals surface area contributed by atoms with Crippen molar-refractivity contribution in [2.75, 3.05) is 0 Å². The molecule has 0 bridgehead atoms. The Kier molecular flexibility index (Phi) is 3.85. The van der Waals surface area contributed by atoms with Crippen LogP contribution in [-0.4, -0.2) is 4.92 Å². The molecule has 190 valence electrons. The van der Waals surface area contributed by atoms with E-state index in [4.69, 9.17) is 13.7 Å². The molecule has 0 amide bonds. The van der Waals surface area contributed by atoms with Gasteiger partial charge in [-0.1, -0.05) is 90.8 Å². The zero-order valence-corrected chi connectivity index (χ0v) is 21.5. The Morgan fingerprint density at radius 3 is 1.82 bits per heavy atom. The van der Waals surface area contributed by atoms with Crippen molar-refractivity contribution in [1.29, 1.82) is 0 Å². The van der Waals surface area contributed by atoms with Crippen molar-refractivity contribution in [2.24, 2.45) is 0 Å². The van der Waals surface area contributed by atoms with Gasteiger partial charge in [0.05, 0.1) is 24.2 Å². The SMILES string of the molecule is [2H]c1c([2H])c([2H])c(-c2cc(-c3ccc([N+](=O)[O-])c(-c4cccc5sc6ccccc6c45)c3)cc(-c3c([2H])c([2H])c([2H])c([2H])c3[2H])c2)c([2H])c1[2H]. The van der Waals surface area contributed by atoms with E-state index in [0.717, 1.165) is 20.2 Å². The predicted octanol–water partition coefficient (Wildman–Crippen LogP) is 10.6. The van der Waals surface area contributed by atoms with Crippen LogP contribution in [0, 0.1) is 10.1 Å². The third-order valence-electron chi connectivity index (χ3n) is 6.73. The lowest BCUT2D eigenvalue weighted by Gasteiger charge is -2.13. The molecular weight excluding hydrogens is 510 g/mol. The number of nitrogens with zero attached hydrogens (tertiary/aromatic N) is 1. The number of hydrogen-bond acceptors (Lipinski definition) is 3. The number of fused-ring (bicyclic) bond motifs is 3. The van der Waals surface area contributed by atoms with Gasteiger partial charge in [0.15, 0.2) is 0 Å². The maximum absolute atomic E-state index is 12.4. The summed E-state index contributed by atoms with van der Waals surface area (Å²) in [7, 11) is 0. The minimum atomic E-state index is -0.583. The second kappa shape index (κ2) is 9.92. The van der Waals surface area contributed by atoms with E-state index >= 15 is 0 Å². The van der Waals surface area contributed by atoms with Crippen molar-refractivity contribution < 1.29 is 18.6 Å². The average Bonchev–Trinajstić information content (AvgIpc) is 3.50. The molecule has 0 radical (unpaired) electrons. The molecule has 7 aromatic rings. The van der Waals surface area contributed by atoms with Crippen LogP contribution in [0.2, 0.25) is 0 Å². The standard InChI is InChI=1S/C36H23NO2S/c38-37(39)33-19-18-26(23-32(33)30-15-9-17-35-36(30)31-14-7-8-16-34(31)40-35)29-21-27(24-10-3-1-4-11-24)20-28(22-29)25-12-5-2-6-13-25/h1-23H/i1D,2D,3D,4D,5D,6D,10D,11D,12D,13D. The third-order valence-corrected chi connectivity index (χ3v) is 7.87. The number of benzene rings is 6. The van der Waals surface area contributed by atoms with Gasteiger partial charge in [-0.25, -0.2) is 0 Å². The smallest absolute Gasteiger partial charge is 0.258 e. The van der Waals surface area contributed by atoms with Gasteiger partial charge in [-0.15, -0.1) is 11.3 Å². The molecule has 40 heavy (non-hydrogen) atoms. The average molecular weight is 544 g/mol. The summed E-state index contributed by atoms with van der Waals surface area (Å²) in [5, 5.41) is 14.2. The summed E-state index contributed by atoms with van der Waals surface area (Å²) >= 11 is 1.57. The molecule has 1 heterocycles. The maximum atomic E-state index is 12.4. The summed E-state index contributed by atoms with van der Waals surface area (Å²) in [4.78, 5) is 12.0. The van der Waals surface area contributed by atoms with Crippen molar-refractivity contribution in [2.45, 2.75) is 0 Å². The highest BCUT2D eigenvalue weighted by molar-refractivity contribution is 7.25. The zero-order chi connectivity index (χ0) is 35.8. The fraction of sp³-hybridized carbons (Fsp3) is 0. The van der Waals surface area contributed by atoms with Crippen LogP contribution >= 0.6 is 11.3 Å². The number of hydrogen-bond donors (Lipinski definition) is 0. The van der Waals surface area contributed by atoms with Crippen LogP contribution in [0.5, 0.6) is 0 Å². The minimum Gasteiger partial charge on any atom is -0.258 e. The molecule has 0 N–H and O–H groups in total. The highest BCUT2D eigenvalue weighted by Crippen LogP contribution is 2.44.